The summed E-state index contributed by atoms with van der Waals surface area (Å²) in [5.74, 6) is 0.870. The molecule has 0 radical (unpaired) electrons. The molecule has 0 aliphatic heterocycles. The largest absolute Gasteiger partial charge is 0.496 e. The zero-order valence-corrected chi connectivity index (χ0v) is 13.6. The maximum atomic E-state index is 5.53. The fourth-order valence-corrected chi connectivity index (χ4v) is 2.59. The second-order valence-corrected chi connectivity index (χ2v) is 5.57. The molecule has 1 aromatic heterocycles. The molecule has 1 N–H and O–H groups in total. The van der Waals surface area contributed by atoms with Gasteiger partial charge in [0.05, 0.1) is 18.8 Å². The number of halogens is 1. The number of hydrogen-bond acceptors (Lipinski definition) is 3. The van der Waals surface area contributed by atoms with Crippen LogP contribution in [0.25, 0.3) is 0 Å². The van der Waals surface area contributed by atoms with E-state index in [9.17, 15) is 0 Å². The Bertz CT molecular complexity index is 568. The maximum Gasteiger partial charge on any atom is 0.125 e. The lowest BCUT2D eigenvalue weighted by Crippen LogP contribution is -2.25. The van der Waals surface area contributed by atoms with Crippen LogP contribution in [0.3, 0.4) is 0 Å². The molecule has 0 bridgehead atoms. The lowest BCUT2D eigenvalue weighted by atomic mass is 10.0. The van der Waals surface area contributed by atoms with Gasteiger partial charge in [-0.25, -0.2) is 0 Å². The lowest BCUT2D eigenvalue weighted by molar-refractivity contribution is 0.402. The molecule has 108 valence electrons. The number of hydrogen-bond donors (Lipinski definition) is 1. The second-order valence-electron chi connectivity index (χ2n) is 4.65. The van der Waals surface area contributed by atoms with E-state index in [-0.39, 0.29) is 6.04 Å². The third-order valence-corrected chi connectivity index (χ3v) is 3.75. The Morgan fingerprint density at radius 3 is 2.80 bits per heavy atom. The Balaban J connectivity index is 2.43. The Labute approximate surface area is 128 Å². The zero-order chi connectivity index (χ0) is 14.5. The van der Waals surface area contributed by atoms with Gasteiger partial charge in [-0.2, -0.15) is 5.10 Å². The highest BCUT2D eigenvalue weighted by molar-refractivity contribution is 9.10. The summed E-state index contributed by atoms with van der Waals surface area (Å²) in [6, 6.07) is 8.23. The van der Waals surface area contributed by atoms with E-state index in [2.05, 4.69) is 39.3 Å². The van der Waals surface area contributed by atoms with Gasteiger partial charge in [0.2, 0.25) is 0 Å². The van der Waals surface area contributed by atoms with Crippen molar-refractivity contribution in [2.45, 2.75) is 19.4 Å². The number of rotatable bonds is 6. The average Bonchev–Trinajstić information content (AvgIpc) is 2.86. The third kappa shape index (κ3) is 3.22. The molecule has 0 fully saturated rings. The molecular weight excluding hydrogens is 318 g/mol. The van der Waals surface area contributed by atoms with E-state index < -0.39 is 0 Å². The molecule has 0 spiro atoms. The first-order valence-electron chi connectivity index (χ1n) is 6.72. The minimum Gasteiger partial charge on any atom is -0.496 e. The number of ether oxygens (including phenoxy) is 1. The van der Waals surface area contributed by atoms with Crippen LogP contribution in [0.1, 0.15) is 30.6 Å². The molecule has 0 saturated heterocycles. The van der Waals surface area contributed by atoms with Gasteiger partial charge in [0.25, 0.3) is 0 Å². The first-order chi connectivity index (χ1) is 9.67. The van der Waals surface area contributed by atoms with Crippen LogP contribution in [-0.2, 0) is 7.05 Å². The van der Waals surface area contributed by atoms with Gasteiger partial charge < -0.3 is 10.1 Å². The zero-order valence-electron chi connectivity index (χ0n) is 12.1. The van der Waals surface area contributed by atoms with E-state index in [0.717, 1.165) is 34.4 Å². The van der Waals surface area contributed by atoms with E-state index >= 15 is 0 Å². The van der Waals surface area contributed by atoms with Gasteiger partial charge in [-0.3, -0.25) is 4.68 Å². The molecule has 1 unspecified atom stereocenters. The molecule has 0 aliphatic carbocycles. The molecule has 4 nitrogen and oxygen atoms in total. The molecule has 5 heteroatoms. The smallest absolute Gasteiger partial charge is 0.125 e. The first kappa shape index (κ1) is 15.1. The van der Waals surface area contributed by atoms with Crippen LogP contribution in [0.2, 0.25) is 0 Å². The van der Waals surface area contributed by atoms with Gasteiger partial charge in [-0.05, 0) is 31.2 Å². The van der Waals surface area contributed by atoms with Gasteiger partial charge in [-0.1, -0.05) is 28.9 Å². The van der Waals surface area contributed by atoms with Crippen molar-refractivity contribution in [1.29, 1.82) is 0 Å². The first-order valence-corrected chi connectivity index (χ1v) is 7.51. The molecule has 0 aliphatic rings. The Kier molecular flexibility index (Phi) is 5.20. The van der Waals surface area contributed by atoms with Crippen LogP contribution >= 0.6 is 15.9 Å². The minimum absolute atomic E-state index is 0.0745. The van der Waals surface area contributed by atoms with Gasteiger partial charge in [-0.15, -0.1) is 0 Å². The van der Waals surface area contributed by atoms with Gasteiger partial charge in [0.1, 0.15) is 5.75 Å². The summed E-state index contributed by atoms with van der Waals surface area (Å²) in [4.78, 5) is 0. The molecule has 1 heterocycles. The van der Waals surface area contributed by atoms with Crippen molar-refractivity contribution in [3.63, 3.8) is 0 Å². The van der Waals surface area contributed by atoms with Crippen LogP contribution in [0, 0.1) is 0 Å². The van der Waals surface area contributed by atoms with Crippen LogP contribution in [0.4, 0.5) is 0 Å². The Hall–Kier alpha value is -1.33. The van der Waals surface area contributed by atoms with Crippen molar-refractivity contribution >= 4 is 15.9 Å². The molecule has 20 heavy (non-hydrogen) atoms. The molecule has 2 aromatic rings. The Morgan fingerprint density at radius 2 is 2.20 bits per heavy atom. The summed E-state index contributed by atoms with van der Waals surface area (Å²) >= 11 is 3.48. The van der Waals surface area contributed by atoms with Crippen molar-refractivity contribution in [1.82, 2.24) is 15.1 Å². The van der Waals surface area contributed by atoms with Crippen LogP contribution in [-0.4, -0.2) is 23.4 Å². The van der Waals surface area contributed by atoms with Crippen molar-refractivity contribution in [2.75, 3.05) is 13.7 Å². The van der Waals surface area contributed by atoms with Gasteiger partial charge in [0, 0.05) is 23.3 Å². The normalized spacial score (nSPS) is 12.4. The molecule has 1 aromatic carbocycles. The van der Waals surface area contributed by atoms with Crippen molar-refractivity contribution in [2.24, 2.45) is 7.05 Å². The van der Waals surface area contributed by atoms with Crippen molar-refractivity contribution < 1.29 is 4.74 Å². The molecule has 0 saturated carbocycles. The summed E-state index contributed by atoms with van der Waals surface area (Å²) in [5.41, 5.74) is 2.24. The van der Waals surface area contributed by atoms with Gasteiger partial charge in [0.15, 0.2) is 0 Å². The highest BCUT2D eigenvalue weighted by Gasteiger charge is 2.20. The molecule has 2 rings (SSSR count). The topological polar surface area (TPSA) is 39.1 Å². The highest BCUT2D eigenvalue weighted by atomic mass is 79.9. The summed E-state index contributed by atoms with van der Waals surface area (Å²) in [6.45, 7) is 3.10. The standard InChI is InChI=1S/C15H20BrN3O/c1-4-8-17-15(13-7-9-18-19(13)2)12-6-5-11(16)10-14(12)20-3/h5-7,9-10,15,17H,4,8H2,1-3H3. The lowest BCUT2D eigenvalue weighted by Gasteiger charge is -2.21. The SMILES string of the molecule is CCCNC(c1ccc(Br)cc1OC)c1ccnn1C. The van der Waals surface area contributed by atoms with E-state index in [1.807, 2.05) is 36.1 Å². The predicted molar refractivity (Wildman–Crippen MR) is 84.0 cm³/mol. The fourth-order valence-electron chi connectivity index (χ4n) is 2.25. The second kappa shape index (κ2) is 6.90. The number of nitrogens with one attached hydrogen (secondary N) is 1. The van der Waals surface area contributed by atoms with Gasteiger partial charge >= 0.3 is 0 Å². The van der Waals surface area contributed by atoms with Crippen LogP contribution in [0.15, 0.2) is 34.9 Å². The molecule has 0 amide bonds. The van der Waals surface area contributed by atoms with E-state index in [1.165, 1.54) is 0 Å². The van der Waals surface area contributed by atoms with Crippen molar-refractivity contribution in [3.8, 4) is 5.75 Å². The Morgan fingerprint density at radius 1 is 1.40 bits per heavy atom. The average molecular weight is 338 g/mol. The predicted octanol–water partition coefficient (Wildman–Crippen LogP) is 3.28. The van der Waals surface area contributed by atoms with E-state index in [0.29, 0.717) is 0 Å². The quantitative estimate of drug-likeness (QED) is 0.879. The fraction of sp³-hybridized carbons (Fsp3) is 0.400. The highest BCUT2D eigenvalue weighted by Crippen LogP contribution is 2.32. The molecule has 1 atom stereocenters. The summed E-state index contributed by atoms with van der Waals surface area (Å²) in [6.07, 6.45) is 2.90. The van der Waals surface area contributed by atoms with Crippen molar-refractivity contribution in [3.05, 3.63) is 46.2 Å². The number of benzene rings is 1. The number of methoxy groups -OCH3 is 1. The summed E-state index contributed by atoms with van der Waals surface area (Å²) in [7, 11) is 3.66. The minimum atomic E-state index is 0.0745. The summed E-state index contributed by atoms with van der Waals surface area (Å²) in [5, 5.41) is 7.84. The maximum absolute atomic E-state index is 5.53. The number of aryl methyl sites for hydroxylation is 1. The third-order valence-electron chi connectivity index (χ3n) is 3.26. The van der Waals surface area contributed by atoms with E-state index in [1.54, 1.807) is 7.11 Å². The summed E-state index contributed by atoms with van der Waals surface area (Å²) < 4.78 is 8.43. The molecular formula is C15H20BrN3O. The number of aromatic nitrogens is 2. The van der Waals surface area contributed by atoms with Crippen LogP contribution in [0.5, 0.6) is 5.75 Å². The van der Waals surface area contributed by atoms with Crippen LogP contribution < -0.4 is 10.1 Å². The van der Waals surface area contributed by atoms with E-state index in [4.69, 9.17) is 4.74 Å². The number of nitrogens with zero attached hydrogens (tertiary/aromatic N) is 2. The monoisotopic (exact) mass is 337 g/mol.